The summed E-state index contributed by atoms with van der Waals surface area (Å²) in [5, 5.41) is 16.3. The van der Waals surface area contributed by atoms with Crippen LogP contribution >= 0.6 is 0 Å². The van der Waals surface area contributed by atoms with Crippen LogP contribution in [0.4, 0.5) is 16.2 Å². The number of hydrogen-bond acceptors (Lipinski definition) is 7. The summed E-state index contributed by atoms with van der Waals surface area (Å²) in [4.78, 5) is 18.8. The first-order valence-corrected chi connectivity index (χ1v) is 11.9. The average molecular weight is 468 g/mol. The van der Waals surface area contributed by atoms with E-state index in [1.165, 1.54) is 12.3 Å². The first kappa shape index (κ1) is 22.6. The maximum atomic E-state index is 13.0. The predicted octanol–water partition coefficient (Wildman–Crippen LogP) is 3.03. The molecule has 11 heteroatoms. The lowest BCUT2D eigenvalue weighted by atomic mass is 9.98. The van der Waals surface area contributed by atoms with E-state index >= 15 is 0 Å². The van der Waals surface area contributed by atoms with E-state index in [9.17, 15) is 9.00 Å². The monoisotopic (exact) mass is 467 g/mol. The molecule has 0 bridgehead atoms. The summed E-state index contributed by atoms with van der Waals surface area (Å²) in [5.41, 5.74) is 5.07. The number of ether oxygens (including phenoxy) is 1. The van der Waals surface area contributed by atoms with E-state index in [2.05, 4.69) is 30.9 Å². The first-order chi connectivity index (χ1) is 15.8. The number of aryl methyl sites for hydroxylation is 1. The minimum atomic E-state index is -3.61. The van der Waals surface area contributed by atoms with Crippen molar-refractivity contribution in [1.29, 1.82) is 0 Å². The van der Waals surface area contributed by atoms with Gasteiger partial charge in [-0.1, -0.05) is 12.1 Å². The lowest BCUT2D eigenvalue weighted by molar-refractivity contribution is 0.260. The number of nitrogens with two attached hydrogens (primary N) is 1. The average Bonchev–Trinajstić information content (AvgIpc) is 3.28. The van der Waals surface area contributed by atoms with Gasteiger partial charge in [0.2, 0.25) is 5.88 Å². The Morgan fingerprint density at radius 3 is 2.82 bits per heavy atom. The molecule has 1 aliphatic rings. The molecule has 0 fully saturated rings. The summed E-state index contributed by atoms with van der Waals surface area (Å²) in [5.74, 6) is 0.458. The Bertz CT molecular complexity index is 1330. The number of aromatic nitrogens is 3. The van der Waals surface area contributed by atoms with E-state index in [4.69, 9.17) is 9.88 Å². The number of pyridine rings is 1. The minimum Gasteiger partial charge on any atom is -0.481 e. The van der Waals surface area contributed by atoms with Crippen molar-refractivity contribution in [1.82, 2.24) is 15.2 Å². The molecule has 3 aromatic rings. The third kappa shape index (κ3) is 4.78. The molecule has 2 aromatic heterocycles. The largest absolute Gasteiger partial charge is 0.481 e. The molecular weight excluding hydrogens is 442 g/mol. The molecular formula is C22H25N7O3S. The zero-order valence-corrected chi connectivity index (χ0v) is 19.4. The number of carbonyl (C=O) groups is 1. The molecule has 4 rings (SSSR count). The van der Waals surface area contributed by atoms with E-state index in [-0.39, 0.29) is 5.03 Å². The van der Waals surface area contributed by atoms with Gasteiger partial charge in [0.15, 0.2) is 14.9 Å². The number of urea groups is 1. The van der Waals surface area contributed by atoms with Gasteiger partial charge in [0.1, 0.15) is 0 Å². The van der Waals surface area contributed by atoms with Crippen LogP contribution in [0.1, 0.15) is 17.5 Å². The van der Waals surface area contributed by atoms with Gasteiger partial charge in [-0.15, -0.1) is 9.46 Å². The van der Waals surface area contributed by atoms with E-state index in [1.807, 2.05) is 12.1 Å². The van der Waals surface area contributed by atoms with Gasteiger partial charge in [-0.05, 0) is 42.0 Å². The second-order valence-corrected chi connectivity index (χ2v) is 9.54. The quantitative estimate of drug-likeness (QED) is 0.588. The smallest absolute Gasteiger partial charge is 0.354 e. The number of anilines is 2. The van der Waals surface area contributed by atoms with Crippen LogP contribution < -0.4 is 20.1 Å². The molecule has 0 saturated heterocycles. The van der Waals surface area contributed by atoms with Crippen LogP contribution in [0.25, 0.3) is 11.1 Å². The number of nitrogens with one attached hydrogen (secondary N) is 1. The highest BCUT2D eigenvalue weighted by Crippen LogP contribution is 2.38. The fourth-order valence-electron chi connectivity index (χ4n) is 3.76. The second kappa shape index (κ2) is 9.12. The predicted molar refractivity (Wildman–Crippen MR) is 127 cm³/mol. The molecule has 0 saturated carbocycles. The third-order valence-electron chi connectivity index (χ3n) is 5.42. The zero-order valence-electron chi connectivity index (χ0n) is 18.6. The van der Waals surface area contributed by atoms with Crippen molar-refractivity contribution < 1.29 is 13.7 Å². The Morgan fingerprint density at radius 2 is 2.06 bits per heavy atom. The Hall–Kier alpha value is -3.57. The number of hydrogen-bond donors (Lipinski definition) is 2. The summed E-state index contributed by atoms with van der Waals surface area (Å²) in [7, 11) is 1.54. The van der Waals surface area contributed by atoms with E-state index in [0.29, 0.717) is 17.3 Å². The summed E-state index contributed by atoms with van der Waals surface area (Å²) in [6.45, 7) is 0. The summed E-state index contributed by atoms with van der Waals surface area (Å²) in [6.07, 6.45) is 5.87. The number of nitrogens with zero attached hydrogens (tertiary/aromatic N) is 5. The Kier molecular flexibility index (Phi) is 6.25. The van der Waals surface area contributed by atoms with Gasteiger partial charge in [-0.3, -0.25) is 0 Å². The molecule has 1 aromatic carbocycles. The summed E-state index contributed by atoms with van der Waals surface area (Å²) >= 11 is 0. The number of amides is 2. The van der Waals surface area contributed by atoms with Crippen LogP contribution in [0.3, 0.4) is 0 Å². The first-order valence-electron chi connectivity index (χ1n) is 10.3. The van der Waals surface area contributed by atoms with Gasteiger partial charge >= 0.3 is 6.03 Å². The normalized spacial score (nSPS) is 14.2. The molecule has 2 heterocycles. The molecule has 3 N–H and O–H groups in total. The van der Waals surface area contributed by atoms with Gasteiger partial charge in [0.05, 0.1) is 24.7 Å². The van der Waals surface area contributed by atoms with Crippen LogP contribution in [0.2, 0.25) is 0 Å². The zero-order chi connectivity index (χ0) is 23.6. The summed E-state index contributed by atoms with van der Waals surface area (Å²) in [6, 6.07) is 8.31. The van der Waals surface area contributed by atoms with Crippen LogP contribution in [0, 0.1) is 0 Å². The van der Waals surface area contributed by atoms with Gasteiger partial charge in [0, 0.05) is 38.0 Å². The summed E-state index contributed by atoms with van der Waals surface area (Å²) < 4.78 is 22.0. The van der Waals surface area contributed by atoms with Crippen molar-refractivity contribution in [2.24, 2.45) is 9.50 Å². The Labute approximate surface area is 192 Å². The fourth-order valence-corrected chi connectivity index (χ4v) is 4.60. The van der Waals surface area contributed by atoms with E-state index in [0.717, 1.165) is 41.5 Å². The molecule has 1 atom stereocenters. The SMILES string of the molecule is COc1cc(-c2ccc3c(c2NC(=O)N=S(N)(=O)c2cc(N(C)C)cnn2)CCC3)ccn1. The standard InChI is InChI=1S/C22H25N7O3S/c1-29(2)16-12-20(27-25-13-16)33(23,31)28-22(30)26-21-17-6-4-5-14(17)7-8-18(21)15-9-10-24-19(11-15)32-3/h7-13H,4-6H2,1-3H3,(H3,23,26,28,30,31). The molecule has 0 spiro atoms. The maximum absolute atomic E-state index is 13.0. The highest BCUT2D eigenvalue weighted by atomic mass is 32.2. The highest BCUT2D eigenvalue weighted by Gasteiger charge is 2.22. The molecule has 10 nitrogen and oxygen atoms in total. The van der Waals surface area contributed by atoms with Gasteiger partial charge in [-0.2, -0.15) is 5.10 Å². The number of benzene rings is 1. The topological polar surface area (TPSA) is 136 Å². The van der Waals surface area contributed by atoms with Crippen LogP contribution in [0.15, 0.2) is 52.1 Å². The second-order valence-electron chi connectivity index (χ2n) is 7.80. The van der Waals surface area contributed by atoms with Gasteiger partial charge < -0.3 is 15.0 Å². The Morgan fingerprint density at radius 1 is 1.24 bits per heavy atom. The Balaban J connectivity index is 1.73. The van der Waals surface area contributed by atoms with Crippen LogP contribution in [-0.2, 0) is 22.8 Å². The minimum absolute atomic E-state index is 0.0683. The molecule has 1 aliphatic carbocycles. The molecule has 172 valence electrons. The number of carbonyl (C=O) groups excluding carboxylic acids is 1. The van der Waals surface area contributed by atoms with Crippen molar-refractivity contribution in [2.75, 3.05) is 31.4 Å². The lowest BCUT2D eigenvalue weighted by Gasteiger charge is -2.16. The van der Waals surface area contributed by atoms with Crippen molar-refractivity contribution in [3.05, 3.63) is 53.9 Å². The van der Waals surface area contributed by atoms with Crippen molar-refractivity contribution in [2.45, 2.75) is 24.3 Å². The maximum Gasteiger partial charge on any atom is 0.354 e. The van der Waals surface area contributed by atoms with E-state index in [1.54, 1.807) is 38.4 Å². The van der Waals surface area contributed by atoms with Gasteiger partial charge in [0.25, 0.3) is 0 Å². The molecule has 1 unspecified atom stereocenters. The lowest BCUT2D eigenvalue weighted by Crippen LogP contribution is -2.20. The van der Waals surface area contributed by atoms with Crippen LogP contribution in [0.5, 0.6) is 5.88 Å². The number of methoxy groups -OCH3 is 1. The van der Waals surface area contributed by atoms with Crippen molar-refractivity contribution >= 4 is 27.3 Å². The molecule has 0 radical (unpaired) electrons. The van der Waals surface area contributed by atoms with Crippen LogP contribution in [-0.4, -0.2) is 46.6 Å². The highest BCUT2D eigenvalue weighted by molar-refractivity contribution is 7.91. The number of fused-ring (bicyclic) bond motifs is 1. The molecule has 33 heavy (non-hydrogen) atoms. The third-order valence-corrected chi connectivity index (χ3v) is 6.66. The molecule has 0 aliphatic heterocycles. The van der Waals surface area contributed by atoms with Crippen molar-refractivity contribution in [3.8, 4) is 17.0 Å². The van der Waals surface area contributed by atoms with Gasteiger partial charge in [-0.25, -0.2) is 19.1 Å². The fraction of sp³-hybridized carbons (Fsp3) is 0.273. The molecule has 2 amide bonds. The number of rotatable bonds is 5. The van der Waals surface area contributed by atoms with Crippen molar-refractivity contribution in [3.63, 3.8) is 0 Å². The van der Waals surface area contributed by atoms with E-state index < -0.39 is 15.9 Å².